The molecule has 0 aromatic carbocycles. The number of nitrogens with zero attached hydrogens (tertiary/aromatic N) is 2. The first-order chi connectivity index (χ1) is 6.91. The van der Waals surface area contributed by atoms with Crippen molar-refractivity contribution in [3.05, 3.63) is 0 Å². The van der Waals surface area contributed by atoms with E-state index in [1.54, 1.807) is 4.90 Å². The summed E-state index contributed by atoms with van der Waals surface area (Å²) in [6, 6.07) is 0.336. The predicted octanol–water partition coefficient (Wildman–Crippen LogP) is -0.130. The molecule has 1 N–H and O–H groups in total. The van der Waals surface area contributed by atoms with Crippen molar-refractivity contribution in [1.29, 1.82) is 0 Å². The highest BCUT2D eigenvalue weighted by atomic mass is 16.4. The molecule has 5 nitrogen and oxygen atoms in total. The molecule has 1 rings (SSSR count). The number of carboxylic acid groups (broad SMARTS) is 1. The van der Waals surface area contributed by atoms with Gasteiger partial charge in [-0.1, -0.05) is 6.92 Å². The summed E-state index contributed by atoms with van der Waals surface area (Å²) in [4.78, 5) is 25.6. The van der Waals surface area contributed by atoms with Gasteiger partial charge in [-0.25, -0.2) is 0 Å². The Kier molecular flexibility index (Phi) is 3.68. The Bertz CT molecular complexity index is 265. The second-order valence-electron chi connectivity index (χ2n) is 4.38. The summed E-state index contributed by atoms with van der Waals surface area (Å²) >= 11 is 0. The Morgan fingerprint density at radius 2 is 2.00 bits per heavy atom. The van der Waals surface area contributed by atoms with Crippen LogP contribution in [0.1, 0.15) is 13.3 Å². The number of likely N-dealkylation sites (N-methyl/N-ethyl adjacent to an activating group) is 1. The number of likely N-dealkylation sites (tertiary alicyclic amines) is 1. The first-order valence-corrected chi connectivity index (χ1v) is 5.07. The third kappa shape index (κ3) is 2.92. The van der Waals surface area contributed by atoms with Gasteiger partial charge in [0.1, 0.15) is 6.42 Å². The second-order valence-corrected chi connectivity index (χ2v) is 4.38. The van der Waals surface area contributed by atoms with Crippen molar-refractivity contribution < 1.29 is 14.7 Å². The van der Waals surface area contributed by atoms with Crippen LogP contribution in [-0.4, -0.2) is 60.0 Å². The van der Waals surface area contributed by atoms with Gasteiger partial charge in [-0.05, 0) is 20.0 Å². The molecule has 1 heterocycles. The first kappa shape index (κ1) is 12.0. The normalized spacial score (nSPS) is 26.0. The minimum absolute atomic E-state index is 0.279. The maximum absolute atomic E-state index is 11.5. The van der Waals surface area contributed by atoms with Gasteiger partial charge < -0.3 is 14.9 Å². The molecule has 0 aliphatic carbocycles. The van der Waals surface area contributed by atoms with Gasteiger partial charge in [0.05, 0.1) is 0 Å². The van der Waals surface area contributed by atoms with Crippen LogP contribution in [0.15, 0.2) is 0 Å². The number of carbonyl (C=O) groups is 2. The molecule has 1 aliphatic rings. The van der Waals surface area contributed by atoms with Crippen LogP contribution in [0.3, 0.4) is 0 Å². The van der Waals surface area contributed by atoms with Gasteiger partial charge in [0.15, 0.2) is 0 Å². The summed E-state index contributed by atoms with van der Waals surface area (Å²) in [5.41, 5.74) is 0. The molecule has 1 fully saturated rings. The Labute approximate surface area is 89.7 Å². The molecule has 0 aromatic heterocycles. The van der Waals surface area contributed by atoms with E-state index in [-0.39, 0.29) is 5.91 Å². The number of rotatable bonds is 3. The van der Waals surface area contributed by atoms with Crippen molar-refractivity contribution in [2.45, 2.75) is 19.4 Å². The van der Waals surface area contributed by atoms with Crippen LogP contribution in [0.4, 0.5) is 0 Å². The lowest BCUT2D eigenvalue weighted by atomic mass is 10.1. The van der Waals surface area contributed by atoms with E-state index in [1.165, 1.54) is 0 Å². The lowest BCUT2D eigenvalue weighted by Crippen LogP contribution is -2.36. The van der Waals surface area contributed by atoms with Gasteiger partial charge in [-0.15, -0.1) is 0 Å². The molecule has 0 spiro atoms. The molecule has 0 saturated carbocycles. The fourth-order valence-corrected chi connectivity index (χ4v) is 2.07. The van der Waals surface area contributed by atoms with Gasteiger partial charge in [0.25, 0.3) is 0 Å². The summed E-state index contributed by atoms with van der Waals surface area (Å²) in [6.07, 6.45) is -0.396. The number of aliphatic carboxylic acids is 1. The molecule has 5 heteroatoms. The molecule has 15 heavy (non-hydrogen) atoms. The maximum atomic E-state index is 11.5. The fraction of sp³-hybridized carbons (Fsp3) is 0.800. The molecule has 2 unspecified atom stereocenters. The van der Waals surface area contributed by atoms with Gasteiger partial charge in [0.2, 0.25) is 5.91 Å². The zero-order chi connectivity index (χ0) is 11.6. The Morgan fingerprint density at radius 3 is 2.40 bits per heavy atom. The molecular weight excluding hydrogens is 196 g/mol. The number of hydrogen-bond acceptors (Lipinski definition) is 3. The van der Waals surface area contributed by atoms with E-state index in [1.807, 2.05) is 14.1 Å². The smallest absolute Gasteiger partial charge is 0.312 e. The SMILES string of the molecule is CC1CN(C(=O)CC(=O)O)CC1N(C)C. The molecule has 0 bridgehead atoms. The van der Waals surface area contributed by atoms with Gasteiger partial charge >= 0.3 is 5.97 Å². The zero-order valence-electron chi connectivity index (χ0n) is 9.43. The summed E-state index contributed by atoms with van der Waals surface area (Å²) in [5.74, 6) is -0.933. The van der Waals surface area contributed by atoms with E-state index < -0.39 is 12.4 Å². The zero-order valence-corrected chi connectivity index (χ0v) is 9.43. The van der Waals surface area contributed by atoms with Gasteiger partial charge in [-0.2, -0.15) is 0 Å². The Hall–Kier alpha value is -1.10. The van der Waals surface area contributed by atoms with Crippen LogP contribution in [0.5, 0.6) is 0 Å². The highest BCUT2D eigenvalue weighted by Gasteiger charge is 2.33. The van der Waals surface area contributed by atoms with Crippen LogP contribution in [0, 0.1) is 5.92 Å². The number of hydrogen-bond donors (Lipinski definition) is 1. The molecule has 1 aliphatic heterocycles. The lowest BCUT2D eigenvalue weighted by molar-refractivity contribution is -0.143. The Morgan fingerprint density at radius 1 is 1.40 bits per heavy atom. The topological polar surface area (TPSA) is 60.9 Å². The highest BCUT2D eigenvalue weighted by molar-refractivity contribution is 5.93. The summed E-state index contributed by atoms with van der Waals surface area (Å²) in [5, 5.41) is 8.53. The largest absolute Gasteiger partial charge is 0.481 e. The van der Waals surface area contributed by atoms with Crippen molar-refractivity contribution in [3.8, 4) is 0 Å². The number of carboxylic acids is 1. The van der Waals surface area contributed by atoms with Crippen molar-refractivity contribution in [3.63, 3.8) is 0 Å². The van der Waals surface area contributed by atoms with Crippen LogP contribution in [-0.2, 0) is 9.59 Å². The van der Waals surface area contributed by atoms with Crippen molar-refractivity contribution in [1.82, 2.24) is 9.80 Å². The molecule has 1 saturated heterocycles. The summed E-state index contributed by atoms with van der Waals surface area (Å²) in [6.45, 7) is 3.38. The fourth-order valence-electron chi connectivity index (χ4n) is 2.07. The van der Waals surface area contributed by atoms with E-state index in [0.29, 0.717) is 25.0 Å². The van der Waals surface area contributed by atoms with Gasteiger partial charge in [-0.3, -0.25) is 9.59 Å². The average Bonchev–Trinajstić information content (AvgIpc) is 2.46. The van der Waals surface area contributed by atoms with E-state index >= 15 is 0 Å². The summed E-state index contributed by atoms with van der Waals surface area (Å²) in [7, 11) is 3.96. The van der Waals surface area contributed by atoms with Crippen LogP contribution < -0.4 is 0 Å². The quantitative estimate of drug-likeness (QED) is 0.665. The number of carbonyl (C=O) groups excluding carboxylic acids is 1. The van der Waals surface area contributed by atoms with Crippen LogP contribution >= 0.6 is 0 Å². The third-order valence-electron chi connectivity index (χ3n) is 2.89. The van der Waals surface area contributed by atoms with Crippen LogP contribution in [0.25, 0.3) is 0 Å². The molecule has 2 atom stereocenters. The monoisotopic (exact) mass is 214 g/mol. The van der Waals surface area contributed by atoms with E-state index in [0.717, 1.165) is 0 Å². The molecule has 0 radical (unpaired) electrons. The van der Waals surface area contributed by atoms with E-state index in [4.69, 9.17) is 5.11 Å². The van der Waals surface area contributed by atoms with E-state index in [2.05, 4.69) is 11.8 Å². The molecule has 0 aromatic rings. The van der Waals surface area contributed by atoms with Crippen molar-refractivity contribution in [2.24, 2.45) is 5.92 Å². The van der Waals surface area contributed by atoms with Crippen molar-refractivity contribution >= 4 is 11.9 Å². The van der Waals surface area contributed by atoms with E-state index in [9.17, 15) is 9.59 Å². The minimum Gasteiger partial charge on any atom is -0.481 e. The first-order valence-electron chi connectivity index (χ1n) is 5.07. The molecule has 1 amide bonds. The Balaban J connectivity index is 2.54. The summed E-state index contributed by atoms with van der Waals surface area (Å²) < 4.78 is 0. The average molecular weight is 214 g/mol. The number of amides is 1. The second kappa shape index (κ2) is 4.61. The predicted molar refractivity (Wildman–Crippen MR) is 55.5 cm³/mol. The van der Waals surface area contributed by atoms with Crippen LogP contribution in [0.2, 0.25) is 0 Å². The standard InChI is InChI=1S/C10H18N2O3/c1-7-5-12(6-8(7)11(2)3)9(13)4-10(14)15/h7-8H,4-6H2,1-3H3,(H,14,15). The lowest BCUT2D eigenvalue weighted by Gasteiger charge is -2.22. The molecule has 86 valence electrons. The maximum Gasteiger partial charge on any atom is 0.312 e. The van der Waals surface area contributed by atoms with Crippen molar-refractivity contribution in [2.75, 3.05) is 27.2 Å². The highest BCUT2D eigenvalue weighted by Crippen LogP contribution is 2.20. The minimum atomic E-state index is -1.05. The third-order valence-corrected chi connectivity index (χ3v) is 2.89. The molecular formula is C10H18N2O3. The van der Waals surface area contributed by atoms with Gasteiger partial charge in [0, 0.05) is 19.1 Å².